The number of aromatic nitrogens is 2. The number of sulfonamides is 1. The van der Waals surface area contributed by atoms with Crippen molar-refractivity contribution in [3.8, 4) is 5.75 Å². The highest BCUT2D eigenvalue weighted by Gasteiger charge is 2.29. The Labute approximate surface area is 380 Å². The minimum atomic E-state index is -3.34. The Kier molecular flexibility index (Phi) is 19.8. The first-order valence-electron chi connectivity index (χ1n) is 23.5. The fourth-order valence-corrected chi connectivity index (χ4v) is 8.88. The van der Waals surface area contributed by atoms with E-state index in [9.17, 15) is 22.8 Å². The number of anilines is 2. The highest BCUT2D eigenvalue weighted by atomic mass is 32.2. The fourth-order valence-electron chi connectivity index (χ4n) is 8.42. The Morgan fingerprint density at radius 1 is 0.875 bits per heavy atom. The van der Waals surface area contributed by atoms with Gasteiger partial charge in [0.1, 0.15) is 5.75 Å². The summed E-state index contributed by atoms with van der Waals surface area (Å²) < 4.78 is 39.0. The van der Waals surface area contributed by atoms with Crippen LogP contribution in [0.5, 0.6) is 5.75 Å². The van der Waals surface area contributed by atoms with Crippen molar-refractivity contribution in [3.05, 3.63) is 88.0 Å². The number of fused-ring (bicyclic) bond motifs is 1. The SMILES string of the molecule is CCCCCCCCCCCCCCOC(=O)c1ccc(OC)c(NC(=O)C(=Nc2ccc(N(CC)CCNS(C)(=O)=O)cc2C)c2nc3ccccc3c(=O)n2C2CCCCC2)c1. The minimum Gasteiger partial charge on any atom is -0.495 e. The van der Waals surface area contributed by atoms with Crippen LogP contribution in [0.1, 0.15) is 151 Å². The number of nitrogens with zero attached hydrogens (tertiary/aromatic N) is 4. The zero-order valence-electron chi connectivity index (χ0n) is 38.8. The molecule has 348 valence electrons. The third kappa shape index (κ3) is 14.7. The van der Waals surface area contributed by atoms with Gasteiger partial charge in [-0.25, -0.2) is 27.9 Å². The van der Waals surface area contributed by atoms with Gasteiger partial charge in [0.05, 0.1) is 47.8 Å². The van der Waals surface area contributed by atoms with Gasteiger partial charge in [-0.2, -0.15) is 0 Å². The highest BCUT2D eigenvalue weighted by Crippen LogP contribution is 2.32. The zero-order valence-corrected chi connectivity index (χ0v) is 39.6. The van der Waals surface area contributed by atoms with Gasteiger partial charge in [0.25, 0.3) is 11.5 Å². The molecule has 2 N–H and O–H groups in total. The Balaban J connectivity index is 1.40. The van der Waals surface area contributed by atoms with Crippen LogP contribution in [0.2, 0.25) is 0 Å². The van der Waals surface area contributed by atoms with E-state index in [1.165, 1.54) is 64.9 Å². The van der Waals surface area contributed by atoms with Crippen LogP contribution in [-0.2, 0) is 19.6 Å². The van der Waals surface area contributed by atoms with Crippen LogP contribution >= 0.6 is 0 Å². The summed E-state index contributed by atoms with van der Waals surface area (Å²) in [5.41, 5.74) is 2.72. The highest BCUT2D eigenvalue weighted by molar-refractivity contribution is 7.88. The normalized spacial score (nSPS) is 13.5. The molecule has 1 heterocycles. The van der Waals surface area contributed by atoms with Crippen LogP contribution in [0.25, 0.3) is 10.9 Å². The first kappa shape index (κ1) is 49.9. The number of unbranched alkanes of at least 4 members (excludes halogenated alkanes) is 11. The Bertz CT molecular complexity index is 2360. The summed E-state index contributed by atoms with van der Waals surface area (Å²) in [5.74, 6) is -0.665. The summed E-state index contributed by atoms with van der Waals surface area (Å²) in [6.07, 6.45) is 20.1. The minimum absolute atomic E-state index is 0.0732. The van der Waals surface area contributed by atoms with Crippen molar-refractivity contribution in [2.45, 2.75) is 136 Å². The van der Waals surface area contributed by atoms with Gasteiger partial charge in [0.2, 0.25) is 10.0 Å². The second kappa shape index (κ2) is 25.4. The van der Waals surface area contributed by atoms with Gasteiger partial charge in [-0.1, -0.05) is 109 Å². The molecule has 13 nitrogen and oxygen atoms in total. The van der Waals surface area contributed by atoms with Crippen molar-refractivity contribution in [1.82, 2.24) is 14.3 Å². The molecule has 1 aliphatic carbocycles. The topological polar surface area (TPSA) is 161 Å². The number of aliphatic imine (C=N–C) groups is 1. The number of esters is 1. The fraction of sp³-hybridized carbons (Fsp3) is 0.540. The Morgan fingerprint density at radius 2 is 1.55 bits per heavy atom. The van der Waals surface area contributed by atoms with Crippen molar-refractivity contribution in [1.29, 1.82) is 0 Å². The van der Waals surface area contributed by atoms with Gasteiger partial charge < -0.3 is 19.7 Å². The van der Waals surface area contributed by atoms with E-state index in [2.05, 4.69) is 17.0 Å². The molecule has 1 saturated carbocycles. The molecular formula is C50H70N6O7S. The van der Waals surface area contributed by atoms with E-state index in [1.54, 1.807) is 34.9 Å². The van der Waals surface area contributed by atoms with Gasteiger partial charge in [-0.15, -0.1) is 0 Å². The number of likely N-dealkylation sites (N-methyl/N-ethyl adjacent to an activating group) is 1. The van der Waals surface area contributed by atoms with E-state index < -0.39 is 21.9 Å². The second-order valence-electron chi connectivity index (χ2n) is 17.0. The molecule has 0 aliphatic heterocycles. The van der Waals surface area contributed by atoms with Crippen molar-refractivity contribution in [3.63, 3.8) is 0 Å². The molecule has 0 atom stereocenters. The number of carbonyl (C=O) groups is 2. The number of hydrogen-bond donors (Lipinski definition) is 2. The van der Waals surface area contributed by atoms with E-state index in [4.69, 9.17) is 19.5 Å². The van der Waals surface area contributed by atoms with Crippen molar-refractivity contribution in [2.75, 3.05) is 49.8 Å². The lowest BCUT2D eigenvalue weighted by molar-refractivity contribution is -0.110. The standard InChI is InChI=1S/C50H70N6O7S/c1-6-8-9-10-11-12-13-14-15-16-17-23-34-63-50(59)38-28-31-45(62-4)44(36-38)54-48(57)46(52-42-30-29-40(35-37(42)3)55(7-2)33-32-51-64(5,60)61)47-53-43-27-22-21-26-41(43)49(58)56(47)39-24-19-18-20-25-39/h21-22,26-31,35-36,39,51H,6-20,23-25,32-34H2,1-5H3,(H,54,57). The lowest BCUT2D eigenvalue weighted by Crippen LogP contribution is -2.36. The summed E-state index contributed by atoms with van der Waals surface area (Å²) in [6, 6.07) is 17.3. The number of rotatable bonds is 26. The van der Waals surface area contributed by atoms with Crippen LogP contribution < -0.4 is 25.2 Å². The van der Waals surface area contributed by atoms with E-state index in [-0.39, 0.29) is 40.9 Å². The molecule has 1 amide bonds. The molecule has 64 heavy (non-hydrogen) atoms. The monoisotopic (exact) mass is 899 g/mol. The van der Waals surface area contributed by atoms with E-state index >= 15 is 0 Å². The van der Waals surface area contributed by atoms with Crippen LogP contribution in [0.3, 0.4) is 0 Å². The summed E-state index contributed by atoms with van der Waals surface area (Å²) in [7, 11) is -1.86. The molecule has 3 aromatic carbocycles. The van der Waals surface area contributed by atoms with Gasteiger partial charge in [0, 0.05) is 31.4 Å². The molecular weight excluding hydrogens is 829 g/mol. The summed E-state index contributed by atoms with van der Waals surface area (Å²) in [5, 5.41) is 3.42. The number of carbonyl (C=O) groups excluding carboxylic acids is 2. The first-order chi connectivity index (χ1) is 30.9. The maximum absolute atomic E-state index is 14.9. The molecule has 0 unspecified atom stereocenters. The average molecular weight is 899 g/mol. The summed E-state index contributed by atoms with van der Waals surface area (Å²) in [6.45, 7) is 7.74. The largest absolute Gasteiger partial charge is 0.495 e. The van der Waals surface area contributed by atoms with E-state index in [0.29, 0.717) is 42.0 Å². The van der Waals surface area contributed by atoms with Crippen molar-refractivity contribution >= 4 is 55.6 Å². The molecule has 0 spiro atoms. The van der Waals surface area contributed by atoms with Gasteiger partial charge >= 0.3 is 5.97 Å². The Morgan fingerprint density at radius 3 is 2.19 bits per heavy atom. The average Bonchev–Trinajstić information content (AvgIpc) is 3.28. The molecule has 0 radical (unpaired) electrons. The first-order valence-corrected chi connectivity index (χ1v) is 25.4. The second-order valence-corrected chi connectivity index (χ2v) is 18.8. The number of methoxy groups -OCH3 is 1. The zero-order chi connectivity index (χ0) is 45.9. The molecule has 1 aromatic heterocycles. The molecule has 0 bridgehead atoms. The number of aryl methyl sites for hydroxylation is 1. The van der Waals surface area contributed by atoms with Crippen molar-refractivity contribution in [2.24, 2.45) is 4.99 Å². The maximum atomic E-state index is 14.9. The molecule has 14 heteroatoms. The quantitative estimate of drug-likeness (QED) is 0.0355. The lowest BCUT2D eigenvalue weighted by atomic mass is 9.94. The number of hydrogen-bond acceptors (Lipinski definition) is 10. The molecule has 5 rings (SSSR count). The predicted octanol–water partition coefficient (Wildman–Crippen LogP) is 10.2. The number of ether oxygens (including phenoxy) is 2. The number of amides is 1. The van der Waals surface area contributed by atoms with E-state index in [0.717, 1.165) is 68.9 Å². The third-order valence-electron chi connectivity index (χ3n) is 12.0. The Hall–Kier alpha value is -5.08. The van der Waals surface area contributed by atoms with Crippen LogP contribution in [0, 0.1) is 6.92 Å². The molecule has 4 aromatic rings. The van der Waals surface area contributed by atoms with E-state index in [1.807, 2.05) is 49.1 Å². The molecule has 0 saturated heterocycles. The number of benzene rings is 3. The maximum Gasteiger partial charge on any atom is 0.338 e. The number of nitrogens with one attached hydrogen (secondary N) is 2. The van der Waals surface area contributed by atoms with Crippen LogP contribution in [-0.4, -0.2) is 75.2 Å². The third-order valence-corrected chi connectivity index (χ3v) is 12.7. The number of para-hydroxylation sites is 1. The van der Waals surface area contributed by atoms with Crippen molar-refractivity contribution < 1.29 is 27.5 Å². The summed E-state index contributed by atoms with van der Waals surface area (Å²) >= 11 is 0. The summed E-state index contributed by atoms with van der Waals surface area (Å²) in [4.78, 5) is 54.6. The lowest BCUT2D eigenvalue weighted by Gasteiger charge is -2.27. The van der Waals surface area contributed by atoms with Gasteiger partial charge in [-0.05, 0) is 87.2 Å². The van der Waals surface area contributed by atoms with Crippen LogP contribution in [0.4, 0.5) is 17.1 Å². The molecule has 1 aliphatic rings. The predicted molar refractivity (Wildman–Crippen MR) is 259 cm³/mol. The molecule has 1 fully saturated rings. The smallest absolute Gasteiger partial charge is 0.338 e. The van der Waals surface area contributed by atoms with Gasteiger partial charge in [0.15, 0.2) is 11.5 Å². The van der Waals surface area contributed by atoms with Gasteiger partial charge in [-0.3, -0.25) is 14.2 Å². The van der Waals surface area contributed by atoms with Crippen LogP contribution in [0.15, 0.2) is 70.5 Å².